The number of nitrogens with one attached hydrogen (secondary N) is 2. The smallest absolute Gasteiger partial charge is 0.283 e. The molecule has 96 valence electrons. The molecule has 0 aliphatic rings. The van der Waals surface area contributed by atoms with Crippen molar-refractivity contribution in [1.82, 2.24) is 20.0 Å². The SMILES string of the molecule is CCCn1ncc(NCc2cn[nH]c2)c(Br)c1=O. The fourth-order valence-electron chi connectivity index (χ4n) is 1.53. The Morgan fingerprint density at radius 2 is 2.33 bits per heavy atom. The standard InChI is InChI=1S/C11H14BrN5O/c1-2-3-17-11(18)10(12)9(7-16-17)13-4-8-5-14-15-6-8/h5-7,13H,2-4H2,1H3,(H,14,15). The highest BCUT2D eigenvalue weighted by Crippen LogP contribution is 2.16. The highest BCUT2D eigenvalue weighted by atomic mass is 79.9. The van der Waals surface area contributed by atoms with Gasteiger partial charge in [-0.05, 0) is 22.4 Å². The first-order valence-electron chi connectivity index (χ1n) is 5.69. The van der Waals surface area contributed by atoms with Crippen LogP contribution in [-0.2, 0) is 13.1 Å². The number of hydrogen-bond acceptors (Lipinski definition) is 4. The number of halogens is 1. The molecule has 0 saturated heterocycles. The minimum Gasteiger partial charge on any atom is -0.378 e. The van der Waals surface area contributed by atoms with Gasteiger partial charge in [0.1, 0.15) is 4.47 Å². The lowest BCUT2D eigenvalue weighted by atomic mass is 10.3. The first-order valence-corrected chi connectivity index (χ1v) is 6.48. The van der Waals surface area contributed by atoms with Crippen molar-refractivity contribution in [3.8, 4) is 0 Å². The summed E-state index contributed by atoms with van der Waals surface area (Å²) in [4.78, 5) is 11.9. The largest absolute Gasteiger partial charge is 0.378 e. The zero-order chi connectivity index (χ0) is 13.0. The van der Waals surface area contributed by atoms with Crippen LogP contribution in [0.25, 0.3) is 0 Å². The van der Waals surface area contributed by atoms with Crippen molar-refractivity contribution in [2.45, 2.75) is 26.4 Å². The predicted octanol–water partition coefficient (Wildman–Crippen LogP) is 1.75. The van der Waals surface area contributed by atoms with Crippen molar-refractivity contribution in [3.63, 3.8) is 0 Å². The Morgan fingerprint density at radius 1 is 1.50 bits per heavy atom. The molecule has 0 fully saturated rings. The average molecular weight is 312 g/mol. The summed E-state index contributed by atoms with van der Waals surface area (Å²) < 4.78 is 1.96. The zero-order valence-corrected chi connectivity index (χ0v) is 11.6. The lowest BCUT2D eigenvalue weighted by molar-refractivity contribution is 0.566. The van der Waals surface area contributed by atoms with Crippen LogP contribution in [0.2, 0.25) is 0 Å². The van der Waals surface area contributed by atoms with Crippen LogP contribution in [0.4, 0.5) is 5.69 Å². The van der Waals surface area contributed by atoms with Gasteiger partial charge in [0.15, 0.2) is 0 Å². The molecule has 0 bridgehead atoms. The molecule has 2 N–H and O–H groups in total. The summed E-state index contributed by atoms with van der Waals surface area (Å²) >= 11 is 3.31. The van der Waals surface area contributed by atoms with Gasteiger partial charge in [-0.15, -0.1) is 0 Å². The van der Waals surface area contributed by atoms with Gasteiger partial charge in [-0.1, -0.05) is 6.92 Å². The van der Waals surface area contributed by atoms with Crippen molar-refractivity contribution < 1.29 is 0 Å². The Hall–Kier alpha value is -1.63. The maximum absolute atomic E-state index is 11.9. The number of aryl methyl sites for hydroxylation is 1. The van der Waals surface area contributed by atoms with Crippen molar-refractivity contribution in [2.75, 3.05) is 5.32 Å². The van der Waals surface area contributed by atoms with Crippen LogP contribution < -0.4 is 10.9 Å². The summed E-state index contributed by atoms with van der Waals surface area (Å²) in [6.45, 7) is 3.22. The number of aromatic amines is 1. The second kappa shape index (κ2) is 5.81. The van der Waals surface area contributed by atoms with E-state index in [-0.39, 0.29) is 5.56 Å². The summed E-state index contributed by atoms with van der Waals surface area (Å²) in [6, 6.07) is 0. The Kier molecular flexibility index (Phi) is 4.14. The predicted molar refractivity (Wildman–Crippen MR) is 72.4 cm³/mol. The number of anilines is 1. The summed E-state index contributed by atoms with van der Waals surface area (Å²) in [5.74, 6) is 0. The quantitative estimate of drug-likeness (QED) is 0.882. The van der Waals surface area contributed by atoms with Gasteiger partial charge in [-0.3, -0.25) is 9.89 Å². The molecular weight excluding hydrogens is 298 g/mol. The average Bonchev–Trinajstić information content (AvgIpc) is 2.87. The number of nitrogens with zero attached hydrogens (tertiary/aromatic N) is 3. The van der Waals surface area contributed by atoms with Gasteiger partial charge in [0.2, 0.25) is 0 Å². The minimum absolute atomic E-state index is 0.117. The van der Waals surface area contributed by atoms with Gasteiger partial charge in [-0.2, -0.15) is 10.2 Å². The van der Waals surface area contributed by atoms with E-state index in [0.717, 1.165) is 12.0 Å². The molecule has 0 aliphatic carbocycles. The Balaban J connectivity index is 2.14. The van der Waals surface area contributed by atoms with Gasteiger partial charge in [-0.25, -0.2) is 4.68 Å². The first kappa shape index (κ1) is 12.8. The van der Waals surface area contributed by atoms with E-state index in [0.29, 0.717) is 23.2 Å². The minimum atomic E-state index is -0.117. The fourth-order valence-corrected chi connectivity index (χ4v) is 1.98. The van der Waals surface area contributed by atoms with Gasteiger partial charge < -0.3 is 5.32 Å². The Labute approximate surface area is 113 Å². The monoisotopic (exact) mass is 311 g/mol. The van der Waals surface area contributed by atoms with E-state index in [9.17, 15) is 4.79 Å². The van der Waals surface area contributed by atoms with E-state index in [1.54, 1.807) is 18.6 Å². The molecular formula is C11H14BrN5O. The van der Waals surface area contributed by atoms with Gasteiger partial charge in [0, 0.05) is 24.8 Å². The van der Waals surface area contributed by atoms with Crippen LogP contribution >= 0.6 is 15.9 Å². The van der Waals surface area contributed by atoms with E-state index in [1.165, 1.54) is 4.68 Å². The van der Waals surface area contributed by atoms with Crippen LogP contribution in [0.1, 0.15) is 18.9 Å². The van der Waals surface area contributed by atoms with Crippen LogP contribution in [0.15, 0.2) is 27.9 Å². The van der Waals surface area contributed by atoms with Crippen LogP contribution in [0, 0.1) is 0 Å². The highest BCUT2D eigenvalue weighted by molar-refractivity contribution is 9.10. The molecule has 2 rings (SSSR count). The molecule has 0 radical (unpaired) electrons. The van der Waals surface area contributed by atoms with Gasteiger partial charge in [0.05, 0.1) is 18.1 Å². The molecule has 6 nitrogen and oxygen atoms in total. The Morgan fingerprint density at radius 3 is 3.00 bits per heavy atom. The van der Waals surface area contributed by atoms with Crippen molar-refractivity contribution in [2.24, 2.45) is 0 Å². The van der Waals surface area contributed by atoms with E-state index in [1.807, 2.05) is 6.92 Å². The molecule has 0 amide bonds. The molecule has 0 atom stereocenters. The zero-order valence-electron chi connectivity index (χ0n) is 9.98. The molecule has 0 aromatic carbocycles. The molecule has 0 saturated carbocycles. The third-order valence-corrected chi connectivity index (χ3v) is 3.22. The van der Waals surface area contributed by atoms with Crippen LogP contribution in [0.5, 0.6) is 0 Å². The molecule has 7 heteroatoms. The highest BCUT2D eigenvalue weighted by Gasteiger charge is 2.08. The van der Waals surface area contributed by atoms with E-state index in [2.05, 4.69) is 36.5 Å². The molecule has 2 heterocycles. The van der Waals surface area contributed by atoms with Gasteiger partial charge in [0.25, 0.3) is 5.56 Å². The van der Waals surface area contributed by atoms with Gasteiger partial charge >= 0.3 is 0 Å². The molecule has 0 unspecified atom stereocenters. The number of aromatic nitrogens is 4. The summed E-state index contributed by atoms with van der Waals surface area (Å²) in [5, 5.41) is 13.8. The lowest BCUT2D eigenvalue weighted by Crippen LogP contribution is -2.24. The molecule has 18 heavy (non-hydrogen) atoms. The second-order valence-corrected chi connectivity index (χ2v) is 4.65. The van der Waals surface area contributed by atoms with Crippen LogP contribution in [-0.4, -0.2) is 20.0 Å². The lowest BCUT2D eigenvalue weighted by Gasteiger charge is -2.09. The van der Waals surface area contributed by atoms with E-state index < -0.39 is 0 Å². The van der Waals surface area contributed by atoms with Crippen molar-refractivity contribution in [3.05, 3.63) is 39.0 Å². The summed E-state index contributed by atoms with van der Waals surface area (Å²) in [6.07, 6.45) is 6.06. The number of hydrogen-bond donors (Lipinski definition) is 2. The maximum Gasteiger partial charge on any atom is 0.283 e. The fraction of sp³-hybridized carbons (Fsp3) is 0.364. The van der Waals surface area contributed by atoms with E-state index in [4.69, 9.17) is 0 Å². The number of H-pyrrole nitrogens is 1. The Bertz CT molecular complexity index is 563. The van der Waals surface area contributed by atoms with E-state index >= 15 is 0 Å². The topological polar surface area (TPSA) is 75.6 Å². The van der Waals surface area contributed by atoms with Crippen molar-refractivity contribution >= 4 is 21.6 Å². The maximum atomic E-state index is 11.9. The molecule has 0 aliphatic heterocycles. The summed E-state index contributed by atoms with van der Waals surface area (Å²) in [7, 11) is 0. The molecule has 2 aromatic heterocycles. The van der Waals surface area contributed by atoms with Crippen molar-refractivity contribution in [1.29, 1.82) is 0 Å². The third kappa shape index (κ3) is 2.79. The molecule has 0 spiro atoms. The first-order chi connectivity index (χ1) is 8.72. The van der Waals surface area contributed by atoms with Crippen LogP contribution in [0.3, 0.4) is 0 Å². The summed E-state index contributed by atoms with van der Waals surface area (Å²) in [5.41, 5.74) is 1.59. The number of rotatable bonds is 5. The molecule has 2 aromatic rings. The second-order valence-electron chi connectivity index (χ2n) is 3.86. The third-order valence-electron chi connectivity index (χ3n) is 2.46. The normalized spacial score (nSPS) is 10.6.